The van der Waals surface area contributed by atoms with E-state index < -0.39 is 5.41 Å². The predicted molar refractivity (Wildman–Crippen MR) is 84.6 cm³/mol. The van der Waals surface area contributed by atoms with Gasteiger partial charge >= 0.3 is 0 Å². The average Bonchev–Trinajstić information content (AvgIpc) is 2.35. The third-order valence-electron chi connectivity index (χ3n) is 4.61. The summed E-state index contributed by atoms with van der Waals surface area (Å²) in [4.78, 5) is 19.6. The molecule has 1 saturated heterocycles. The Hall–Kier alpha value is -0.720. The first kappa shape index (κ1) is 15.7. The quantitative estimate of drug-likeness (QED) is 0.732. The number of hydrogen-bond acceptors (Lipinski definition) is 4. The fourth-order valence-corrected chi connectivity index (χ4v) is 3.21. The zero-order valence-corrected chi connectivity index (χ0v) is 13.4. The molecular formula is C14H26N4OS. The second-order valence-corrected chi connectivity index (χ2v) is 6.68. The number of carbonyl (C=O) groups excluding carboxylic acids is 1. The van der Waals surface area contributed by atoms with Crippen molar-refractivity contribution in [2.45, 2.75) is 19.3 Å². The van der Waals surface area contributed by atoms with E-state index in [-0.39, 0.29) is 5.91 Å². The topological polar surface area (TPSA) is 52.8 Å². The summed E-state index contributed by atoms with van der Waals surface area (Å²) in [6.45, 7) is 5.63. The largest absolute Gasteiger partial charge is 0.392 e. The van der Waals surface area contributed by atoms with Gasteiger partial charge in [-0.1, -0.05) is 18.6 Å². The second kappa shape index (κ2) is 6.37. The lowest BCUT2D eigenvalue weighted by molar-refractivity contribution is -0.143. The highest BCUT2D eigenvalue weighted by Gasteiger charge is 2.49. The van der Waals surface area contributed by atoms with Gasteiger partial charge in [-0.25, -0.2) is 0 Å². The number of piperazine rings is 1. The van der Waals surface area contributed by atoms with Crippen molar-refractivity contribution in [3.8, 4) is 0 Å². The SMILES string of the molecule is CN(C)CCN1CCN(C(=O)C2(C(N)=S)CCC2)CC1. The molecular weight excluding hydrogens is 272 g/mol. The molecule has 2 rings (SSSR count). The van der Waals surface area contributed by atoms with Gasteiger partial charge in [0.2, 0.25) is 5.91 Å². The molecule has 0 aromatic heterocycles. The number of carbonyl (C=O) groups is 1. The minimum atomic E-state index is -0.513. The Labute approximate surface area is 127 Å². The van der Waals surface area contributed by atoms with Gasteiger partial charge < -0.3 is 15.5 Å². The van der Waals surface area contributed by atoms with Crippen LogP contribution in [0.25, 0.3) is 0 Å². The fraction of sp³-hybridized carbons (Fsp3) is 0.857. The first-order valence-electron chi connectivity index (χ1n) is 7.42. The van der Waals surface area contributed by atoms with Crippen LogP contribution >= 0.6 is 12.2 Å². The van der Waals surface area contributed by atoms with Gasteiger partial charge in [-0.3, -0.25) is 9.69 Å². The summed E-state index contributed by atoms with van der Waals surface area (Å²) >= 11 is 5.13. The smallest absolute Gasteiger partial charge is 0.235 e. The highest BCUT2D eigenvalue weighted by atomic mass is 32.1. The monoisotopic (exact) mass is 298 g/mol. The maximum atomic E-state index is 12.6. The molecule has 0 bridgehead atoms. The van der Waals surface area contributed by atoms with E-state index in [1.165, 1.54) is 0 Å². The van der Waals surface area contributed by atoms with Crippen molar-refractivity contribution in [2.75, 3.05) is 53.4 Å². The molecule has 2 aliphatic rings. The highest BCUT2D eigenvalue weighted by Crippen LogP contribution is 2.43. The third kappa shape index (κ3) is 3.13. The molecule has 0 aromatic carbocycles. The number of rotatable bonds is 5. The van der Waals surface area contributed by atoms with E-state index >= 15 is 0 Å². The van der Waals surface area contributed by atoms with E-state index in [9.17, 15) is 4.79 Å². The molecule has 114 valence electrons. The molecule has 2 fully saturated rings. The first-order chi connectivity index (χ1) is 9.45. The summed E-state index contributed by atoms with van der Waals surface area (Å²) in [5.41, 5.74) is 5.30. The van der Waals surface area contributed by atoms with E-state index in [1.807, 2.05) is 4.90 Å². The highest BCUT2D eigenvalue weighted by molar-refractivity contribution is 7.80. The number of nitrogens with two attached hydrogens (primary N) is 1. The van der Waals surface area contributed by atoms with Crippen LogP contribution in [0, 0.1) is 5.41 Å². The van der Waals surface area contributed by atoms with Crippen LogP contribution in [-0.4, -0.2) is 79.0 Å². The van der Waals surface area contributed by atoms with Gasteiger partial charge in [0.25, 0.3) is 0 Å². The minimum Gasteiger partial charge on any atom is -0.392 e. The van der Waals surface area contributed by atoms with Crippen LogP contribution in [0.5, 0.6) is 0 Å². The lowest BCUT2D eigenvalue weighted by atomic mass is 9.67. The molecule has 1 aliphatic heterocycles. The molecule has 0 aromatic rings. The van der Waals surface area contributed by atoms with Crippen molar-refractivity contribution in [3.05, 3.63) is 0 Å². The molecule has 0 radical (unpaired) electrons. The maximum Gasteiger partial charge on any atom is 0.235 e. The summed E-state index contributed by atoms with van der Waals surface area (Å²) in [7, 11) is 4.17. The third-order valence-corrected chi connectivity index (χ3v) is 5.00. The van der Waals surface area contributed by atoms with Crippen LogP contribution in [0.2, 0.25) is 0 Å². The van der Waals surface area contributed by atoms with E-state index in [2.05, 4.69) is 23.9 Å². The molecule has 1 aliphatic carbocycles. The van der Waals surface area contributed by atoms with Gasteiger partial charge in [-0.15, -0.1) is 0 Å². The Bertz CT molecular complexity index is 373. The summed E-state index contributed by atoms with van der Waals surface area (Å²) < 4.78 is 0. The molecule has 0 atom stereocenters. The van der Waals surface area contributed by atoms with Crippen LogP contribution < -0.4 is 5.73 Å². The molecule has 1 heterocycles. The van der Waals surface area contributed by atoms with Crippen LogP contribution in [0.3, 0.4) is 0 Å². The van der Waals surface area contributed by atoms with Crippen molar-refractivity contribution in [1.29, 1.82) is 0 Å². The molecule has 6 heteroatoms. The van der Waals surface area contributed by atoms with Crippen molar-refractivity contribution >= 4 is 23.1 Å². The Balaban J connectivity index is 1.84. The van der Waals surface area contributed by atoms with E-state index in [0.717, 1.165) is 58.5 Å². The number of amides is 1. The Kier molecular flexibility index (Phi) is 4.99. The zero-order valence-electron chi connectivity index (χ0n) is 12.6. The Morgan fingerprint density at radius 3 is 2.25 bits per heavy atom. The van der Waals surface area contributed by atoms with Gasteiger partial charge in [0.05, 0.1) is 10.4 Å². The van der Waals surface area contributed by atoms with Crippen molar-refractivity contribution in [2.24, 2.45) is 11.1 Å². The molecule has 0 spiro atoms. The standard InChI is InChI=1S/C14H26N4OS/c1-16(2)6-7-17-8-10-18(11-9-17)13(19)14(12(15)20)4-3-5-14/h3-11H2,1-2H3,(H2,15,20). The van der Waals surface area contributed by atoms with Crippen molar-refractivity contribution < 1.29 is 4.79 Å². The van der Waals surface area contributed by atoms with Crippen LogP contribution in [0.4, 0.5) is 0 Å². The van der Waals surface area contributed by atoms with Gasteiger partial charge in [0.1, 0.15) is 0 Å². The molecule has 2 N–H and O–H groups in total. The maximum absolute atomic E-state index is 12.6. The van der Waals surface area contributed by atoms with Gasteiger partial charge in [-0.2, -0.15) is 0 Å². The summed E-state index contributed by atoms with van der Waals surface area (Å²) in [6, 6.07) is 0. The number of likely N-dealkylation sites (N-methyl/N-ethyl adjacent to an activating group) is 1. The van der Waals surface area contributed by atoms with Gasteiger partial charge in [-0.05, 0) is 26.9 Å². The molecule has 5 nitrogen and oxygen atoms in total. The van der Waals surface area contributed by atoms with Crippen LogP contribution in [-0.2, 0) is 4.79 Å². The number of nitrogens with zero attached hydrogens (tertiary/aromatic N) is 3. The molecule has 20 heavy (non-hydrogen) atoms. The normalized spacial score (nSPS) is 22.6. The predicted octanol–water partition coefficient (Wildman–Crippen LogP) is 0.149. The lowest BCUT2D eigenvalue weighted by Gasteiger charge is -2.45. The summed E-state index contributed by atoms with van der Waals surface area (Å²) in [5.74, 6) is 0.170. The first-order valence-corrected chi connectivity index (χ1v) is 7.83. The minimum absolute atomic E-state index is 0.170. The number of thiocarbonyl (C=S) groups is 1. The summed E-state index contributed by atoms with van der Waals surface area (Å²) in [5, 5.41) is 0. The average molecular weight is 298 g/mol. The molecule has 1 amide bonds. The summed E-state index contributed by atoms with van der Waals surface area (Å²) in [6.07, 6.45) is 2.73. The molecule has 0 unspecified atom stereocenters. The van der Waals surface area contributed by atoms with E-state index in [1.54, 1.807) is 0 Å². The fourth-order valence-electron chi connectivity index (χ4n) is 2.91. The van der Waals surface area contributed by atoms with E-state index in [0.29, 0.717) is 4.99 Å². The molecule has 1 saturated carbocycles. The van der Waals surface area contributed by atoms with Gasteiger partial charge in [0, 0.05) is 39.3 Å². The Morgan fingerprint density at radius 1 is 1.25 bits per heavy atom. The Morgan fingerprint density at radius 2 is 1.85 bits per heavy atom. The lowest BCUT2D eigenvalue weighted by Crippen LogP contribution is -2.58. The van der Waals surface area contributed by atoms with E-state index in [4.69, 9.17) is 18.0 Å². The van der Waals surface area contributed by atoms with Crippen LogP contribution in [0.15, 0.2) is 0 Å². The number of hydrogen-bond donors (Lipinski definition) is 1. The van der Waals surface area contributed by atoms with Crippen molar-refractivity contribution in [3.63, 3.8) is 0 Å². The zero-order chi connectivity index (χ0) is 14.8. The van der Waals surface area contributed by atoms with Crippen LogP contribution in [0.1, 0.15) is 19.3 Å². The second-order valence-electron chi connectivity index (χ2n) is 6.24. The van der Waals surface area contributed by atoms with Gasteiger partial charge in [0.15, 0.2) is 0 Å². The van der Waals surface area contributed by atoms with Crippen molar-refractivity contribution in [1.82, 2.24) is 14.7 Å².